The number of nitrogens with zero attached hydrogens (tertiary/aromatic N) is 1. The van der Waals surface area contributed by atoms with Crippen LogP contribution in [0, 0.1) is 11.8 Å². The highest BCUT2D eigenvalue weighted by Gasteiger charge is 2.42. The van der Waals surface area contributed by atoms with Crippen molar-refractivity contribution < 1.29 is 13.9 Å². The van der Waals surface area contributed by atoms with Crippen LogP contribution in [-0.2, 0) is 0 Å². The van der Waals surface area contributed by atoms with Gasteiger partial charge in [0.1, 0.15) is 0 Å². The van der Waals surface area contributed by atoms with Crippen molar-refractivity contribution in [2.75, 3.05) is 6.54 Å². The largest absolute Gasteiger partial charge is 0.393 e. The van der Waals surface area contributed by atoms with Gasteiger partial charge in [-0.1, -0.05) is 13.8 Å². The van der Waals surface area contributed by atoms with Gasteiger partial charge in [0.05, 0.1) is 12.6 Å². The van der Waals surface area contributed by atoms with Crippen molar-refractivity contribution in [3.05, 3.63) is 0 Å². The Morgan fingerprint density at radius 3 is 2.33 bits per heavy atom. The third kappa shape index (κ3) is 3.41. The molecule has 0 bridgehead atoms. The van der Waals surface area contributed by atoms with Gasteiger partial charge >= 0.3 is 0 Å². The first-order valence-corrected chi connectivity index (χ1v) is 7.21. The second kappa shape index (κ2) is 5.83. The van der Waals surface area contributed by atoms with Crippen LogP contribution < -0.4 is 0 Å². The fraction of sp³-hybridized carbons (Fsp3) is 1.00. The monoisotopic (exact) mass is 261 g/mol. The molecule has 0 aromatic carbocycles. The van der Waals surface area contributed by atoms with E-state index >= 15 is 0 Å². The lowest BCUT2D eigenvalue weighted by Crippen LogP contribution is -2.50. The highest BCUT2D eigenvalue weighted by Crippen LogP contribution is 2.39. The van der Waals surface area contributed by atoms with Gasteiger partial charge in [-0.3, -0.25) is 4.90 Å². The molecule has 1 N–H and O–H groups in total. The van der Waals surface area contributed by atoms with Gasteiger partial charge in [0.2, 0.25) is 0 Å². The van der Waals surface area contributed by atoms with Crippen LogP contribution in [0.25, 0.3) is 0 Å². The van der Waals surface area contributed by atoms with E-state index in [1.807, 2.05) is 4.90 Å². The average molecular weight is 261 g/mol. The Hall–Kier alpha value is -0.220. The van der Waals surface area contributed by atoms with E-state index in [-0.39, 0.29) is 18.7 Å². The lowest BCUT2D eigenvalue weighted by atomic mass is 9.76. The van der Waals surface area contributed by atoms with E-state index in [4.69, 9.17) is 0 Å². The molecule has 4 heteroatoms. The molecular weight excluding hydrogens is 236 g/mol. The van der Waals surface area contributed by atoms with E-state index in [1.54, 1.807) is 0 Å². The third-order valence-electron chi connectivity index (χ3n) is 4.49. The summed E-state index contributed by atoms with van der Waals surface area (Å²) in [6.45, 7) is 4.22. The van der Waals surface area contributed by atoms with E-state index in [2.05, 4.69) is 13.8 Å². The van der Waals surface area contributed by atoms with Gasteiger partial charge in [-0.15, -0.1) is 0 Å². The van der Waals surface area contributed by atoms with Crippen molar-refractivity contribution in [3.63, 3.8) is 0 Å². The minimum absolute atomic E-state index is 0.120. The molecule has 0 radical (unpaired) electrons. The Balaban J connectivity index is 2.08. The molecule has 2 rings (SSSR count). The molecular formula is C14H25F2NO. The molecule has 0 heterocycles. The van der Waals surface area contributed by atoms with Gasteiger partial charge in [0.25, 0.3) is 6.43 Å². The van der Waals surface area contributed by atoms with E-state index in [0.29, 0.717) is 24.3 Å². The lowest BCUT2D eigenvalue weighted by molar-refractivity contribution is -0.0181. The second-order valence-electron chi connectivity index (χ2n) is 6.26. The molecule has 0 aromatic rings. The summed E-state index contributed by atoms with van der Waals surface area (Å²) in [5.74, 6) is 0.953. The summed E-state index contributed by atoms with van der Waals surface area (Å²) < 4.78 is 25.5. The maximum absolute atomic E-state index is 12.7. The predicted molar refractivity (Wildman–Crippen MR) is 67.7 cm³/mol. The van der Waals surface area contributed by atoms with Crippen LogP contribution in [0.5, 0.6) is 0 Å². The Bertz CT molecular complexity index is 269. The zero-order valence-electron chi connectivity index (χ0n) is 11.4. The third-order valence-corrected chi connectivity index (χ3v) is 4.49. The summed E-state index contributed by atoms with van der Waals surface area (Å²) in [7, 11) is 0. The van der Waals surface area contributed by atoms with Crippen molar-refractivity contribution in [2.24, 2.45) is 11.8 Å². The molecule has 3 atom stereocenters. The Kier molecular flexibility index (Phi) is 4.59. The molecule has 2 aliphatic rings. The van der Waals surface area contributed by atoms with Gasteiger partial charge in [-0.2, -0.15) is 0 Å². The Morgan fingerprint density at radius 2 is 1.83 bits per heavy atom. The standard InChI is InChI=1S/C14H25F2NO/c1-9(2)12-6-5-11(18)7-13(12)17(8-14(15)16)10-3-4-10/h9-14,18H,3-8H2,1-2H3. The molecule has 0 aromatic heterocycles. The van der Waals surface area contributed by atoms with Gasteiger partial charge in [0.15, 0.2) is 0 Å². The Labute approximate surface area is 108 Å². The minimum atomic E-state index is -2.27. The number of hydrogen-bond acceptors (Lipinski definition) is 2. The highest BCUT2D eigenvalue weighted by molar-refractivity contribution is 4.95. The van der Waals surface area contributed by atoms with E-state index in [1.165, 1.54) is 0 Å². The molecule has 18 heavy (non-hydrogen) atoms. The molecule has 0 aliphatic heterocycles. The molecule has 106 valence electrons. The first-order chi connectivity index (χ1) is 8.49. The van der Waals surface area contributed by atoms with Crippen LogP contribution in [0.1, 0.15) is 46.0 Å². The summed E-state index contributed by atoms with van der Waals surface area (Å²) in [5, 5.41) is 9.85. The van der Waals surface area contributed by atoms with Gasteiger partial charge in [0, 0.05) is 12.1 Å². The van der Waals surface area contributed by atoms with Crippen molar-refractivity contribution >= 4 is 0 Å². The van der Waals surface area contributed by atoms with Crippen molar-refractivity contribution in [1.82, 2.24) is 4.90 Å². The molecule has 2 saturated carbocycles. The van der Waals surface area contributed by atoms with E-state index < -0.39 is 6.43 Å². The van der Waals surface area contributed by atoms with Crippen molar-refractivity contribution in [3.8, 4) is 0 Å². The maximum atomic E-state index is 12.7. The highest BCUT2D eigenvalue weighted by atomic mass is 19.3. The van der Waals surface area contributed by atoms with Crippen LogP contribution in [0.2, 0.25) is 0 Å². The van der Waals surface area contributed by atoms with Crippen LogP contribution >= 0.6 is 0 Å². The summed E-state index contributed by atoms with van der Waals surface area (Å²) >= 11 is 0. The molecule has 0 saturated heterocycles. The molecule has 3 unspecified atom stereocenters. The predicted octanol–water partition coefficient (Wildman–Crippen LogP) is 2.90. The number of aliphatic hydroxyl groups excluding tert-OH is 1. The smallest absolute Gasteiger partial charge is 0.251 e. The fourth-order valence-electron chi connectivity index (χ4n) is 3.43. The normalized spacial score (nSPS) is 33.7. The van der Waals surface area contributed by atoms with E-state index in [9.17, 15) is 13.9 Å². The van der Waals surface area contributed by atoms with Crippen molar-refractivity contribution in [1.29, 1.82) is 0 Å². The Morgan fingerprint density at radius 1 is 1.17 bits per heavy atom. The number of hydrogen-bond donors (Lipinski definition) is 1. The van der Waals surface area contributed by atoms with Crippen molar-refractivity contribution in [2.45, 2.75) is 70.6 Å². The lowest BCUT2D eigenvalue weighted by Gasteiger charge is -2.43. The molecule has 2 fully saturated rings. The summed E-state index contributed by atoms with van der Waals surface area (Å²) in [4.78, 5) is 2.00. The molecule has 0 amide bonds. The zero-order valence-corrected chi connectivity index (χ0v) is 11.4. The number of alkyl halides is 2. The van der Waals surface area contributed by atoms with Crippen LogP contribution in [0.3, 0.4) is 0 Å². The molecule has 2 nitrogen and oxygen atoms in total. The number of rotatable bonds is 5. The average Bonchev–Trinajstić information content (AvgIpc) is 3.08. The van der Waals surface area contributed by atoms with E-state index in [0.717, 1.165) is 25.7 Å². The quantitative estimate of drug-likeness (QED) is 0.822. The van der Waals surface area contributed by atoms with Crippen LogP contribution in [0.4, 0.5) is 8.78 Å². The number of aliphatic hydroxyl groups is 1. The summed E-state index contributed by atoms with van der Waals surface area (Å²) in [6.07, 6.45) is 1.99. The number of halogens is 2. The first-order valence-electron chi connectivity index (χ1n) is 7.21. The van der Waals surface area contributed by atoms with Crippen LogP contribution in [-0.4, -0.2) is 41.2 Å². The first kappa shape index (κ1) is 14.2. The summed E-state index contributed by atoms with van der Waals surface area (Å²) in [5.41, 5.74) is 0. The second-order valence-corrected chi connectivity index (χ2v) is 6.26. The minimum Gasteiger partial charge on any atom is -0.393 e. The van der Waals surface area contributed by atoms with Crippen LogP contribution in [0.15, 0.2) is 0 Å². The fourth-order valence-corrected chi connectivity index (χ4v) is 3.43. The maximum Gasteiger partial charge on any atom is 0.251 e. The topological polar surface area (TPSA) is 23.5 Å². The van der Waals surface area contributed by atoms with Gasteiger partial charge < -0.3 is 5.11 Å². The summed E-state index contributed by atoms with van der Waals surface area (Å²) in [6, 6.07) is 0.491. The molecule has 0 spiro atoms. The SMILES string of the molecule is CC(C)C1CCC(O)CC1N(CC(F)F)C1CC1. The van der Waals surface area contributed by atoms with Gasteiger partial charge in [-0.05, 0) is 43.9 Å². The molecule has 2 aliphatic carbocycles. The van der Waals surface area contributed by atoms with Gasteiger partial charge in [-0.25, -0.2) is 8.78 Å². The zero-order chi connectivity index (χ0) is 13.3.